The smallest absolute Gasteiger partial charge is 0.387 e. The molecule has 0 bridgehead atoms. The van der Waals surface area contributed by atoms with Crippen LogP contribution in [0.2, 0.25) is 0 Å². The van der Waals surface area contributed by atoms with Crippen molar-refractivity contribution < 1.29 is 62.7 Å². The summed E-state index contributed by atoms with van der Waals surface area (Å²) in [5.41, 5.74) is 0. The molecule has 33 heavy (non-hydrogen) atoms. The highest BCUT2D eigenvalue weighted by atomic mass is 16.8. The van der Waals surface area contributed by atoms with Gasteiger partial charge in [0.1, 0.15) is 18.3 Å². The fourth-order valence-corrected chi connectivity index (χ4v) is 3.29. The Morgan fingerprint density at radius 2 is 1.61 bits per heavy atom. The van der Waals surface area contributed by atoms with Crippen molar-refractivity contribution in [2.24, 2.45) is 0 Å². The minimum Gasteiger partial charge on any atom is -0.460 e. The Kier molecular flexibility index (Phi) is 9.88. The number of aliphatic hydroxyl groups is 2. The van der Waals surface area contributed by atoms with Gasteiger partial charge in [-0.15, -0.1) is 0 Å². The van der Waals surface area contributed by atoms with Crippen molar-refractivity contribution in [3.63, 3.8) is 0 Å². The molecule has 1 aliphatic heterocycles. The summed E-state index contributed by atoms with van der Waals surface area (Å²) in [7, 11) is 0. The zero-order valence-electron chi connectivity index (χ0n) is 18.7. The molecule has 0 aromatic carbocycles. The van der Waals surface area contributed by atoms with E-state index in [2.05, 4.69) is 10.1 Å². The van der Waals surface area contributed by atoms with Crippen LogP contribution < -0.4 is 5.32 Å². The molecular weight excluding hydrogens is 450 g/mol. The summed E-state index contributed by atoms with van der Waals surface area (Å²) in [4.78, 5) is 71.2. The van der Waals surface area contributed by atoms with E-state index in [0.717, 1.165) is 34.6 Å². The first-order chi connectivity index (χ1) is 15.2. The summed E-state index contributed by atoms with van der Waals surface area (Å²) in [6.07, 6.45) is -7.51. The molecule has 14 nitrogen and oxygen atoms in total. The largest absolute Gasteiger partial charge is 0.460 e. The van der Waals surface area contributed by atoms with Crippen LogP contribution >= 0.6 is 0 Å². The minimum atomic E-state index is -2.70. The topological polar surface area (TPSA) is 201 Å². The molecule has 6 atom stereocenters. The summed E-state index contributed by atoms with van der Waals surface area (Å²) in [6.45, 7) is 3.93. The second kappa shape index (κ2) is 11.7. The fourth-order valence-electron chi connectivity index (χ4n) is 3.29. The highest BCUT2D eigenvalue weighted by molar-refractivity contribution is 5.90. The summed E-state index contributed by atoms with van der Waals surface area (Å²) in [5, 5.41) is 22.1. The Morgan fingerprint density at radius 1 is 1.00 bits per heavy atom. The van der Waals surface area contributed by atoms with Crippen molar-refractivity contribution >= 4 is 35.8 Å². The number of carbonyl (C=O) groups excluding carboxylic acids is 6. The van der Waals surface area contributed by atoms with Crippen LogP contribution in [0.4, 0.5) is 0 Å². The Hall–Kier alpha value is -3.10. The second-order valence-corrected chi connectivity index (χ2v) is 7.21. The standard InChI is InChI=1S/C19H27NO13/c1-8(22)20-15-14(29-9(2)23)6-19(32-12(5)26,18(28)31-11(4)25)33-17(15)16(13(27)7-21)30-10(3)24/h13-17,21,27H,6-7H2,1-5H3,(H,20,22)/t13-,14+,15-,16-,17-,19?/m1/s1. The Bertz CT molecular complexity index is 797. The van der Waals surface area contributed by atoms with E-state index in [-0.39, 0.29) is 0 Å². The third kappa shape index (κ3) is 7.76. The van der Waals surface area contributed by atoms with E-state index in [4.69, 9.17) is 18.9 Å². The number of carbonyl (C=O) groups is 6. The lowest BCUT2D eigenvalue weighted by Gasteiger charge is -2.47. The maximum Gasteiger partial charge on any atom is 0.387 e. The Balaban J connectivity index is 3.71. The van der Waals surface area contributed by atoms with E-state index >= 15 is 0 Å². The van der Waals surface area contributed by atoms with Gasteiger partial charge in [0, 0.05) is 34.6 Å². The molecule has 0 spiro atoms. The van der Waals surface area contributed by atoms with E-state index in [1.165, 1.54) is 0 Å². The number of aliphatic hydroxyl groups excluding tert-OH is 2. The number of ether oxygens (including phenoxy) is 5. The summed E-state index contributed by atoms with van der Waals surface area (Å²) >= 11 is 0. The molecule has 1 amide bonds. The molecule has 186 valence electrons. The number of hydrogen-bond donors (Lipinski definition) is 3. The van der Waals surface area contributed by atoms with Gasteiger partial charge in [0.15, 0.2) is 6.10 Å². The van der Waals surface area contributed by atoms with Crippen LogP contribution in [0, 0.1) is 0 Å². The van der Waals surface area contributed by atoms with Crippen LogP contribution in [0.3, 0.4) is 0 Å². The third-order valence-electron chi connectivity index (χ3n) is 4.29. The van der Waals surface area contributed by atoms with Gasteiger partial charge >= 0.3 is 35.6 Å². The lowest BCUT2D eigenvalue weighted by Crippen LogP contribution is -2.69. The summed E-state index contributed by atoms with van der Waals surface area (Å²) in [6, 6.07) is -1.37. The molecule has 1 saturated heterocycles. The molecule has 0 aromatic heterocycles. The van der Waals surface area contributed by atoms with Crippen molar-refractivity contribution in [1.29, 1.82) is 0 Å². The van der Waals surface area contributed by atoms with Crippen molar-refractivity contribution in [3.8, 4) is 0 Å². The van der Waals surface area contributed by atoms with Crippen molar-refractivity contribution in [2.75, 3.05) is 6.61 Å². The molecule has 14 heteroatoms. The molecule has 1 aliphatic rings. The van der Waals surface area contributed by atoms with Crippen LogP contribution in [-0.2, 0) is 52.5 Å². The van der Waals surface area contributed by atoms with E-state index in [1.807, 2.05) is 0 Å². The second-order valence-electron chi connectivity index (χ2n) is 7.21. The molecule has 0 aliphatic carbocycles. The first kappa shape index (κ1) is 27.9. The van der Waals surface area contributed by atoms with Crippen LogP contribution in [0.15, 0.2) is 0 Å². The van der Waals surface area contributed by atoms with Gasteiger partial charge in [0.05, 0.1) is 19.1 Å². The lowest BCUT2D eigenvalue weighted by atomic mass is 9.88. The first-order valence-corrected chi connectivity index (χ1v) is 9.73. The highest BCUT2D eigenvalue weighted by Gasteiger charge is 2.60. The Morgan fingerprint density at radius 3 is 2.03 bits per heavy atom. The van der Waals surface area contributed by atoms with E-state index in [1.54, 1.807) is 0 Å². The fraction of sp³-hybridized carbons (Fsp3) is 0.684. The van der Waals surface area contributed by atoms with Crippen LogP contribution in [0.1, 0.15) is 41.0 Å². The van der Waals surface area contributed by atoms with Crippen LogP contribution in [-0.4, -0.2) is 88.8 Å². The van der Waals surface area contributed by atoms with Gasteiger partial charge in [-0.1, -0.05) is 0 Å². The maximum atomic E-state index is 12.8. The van der Waals surface area contributed by atoms with E-state index in [0.29, 0.717) is 0 Å². The molecule has 0 saturated carbocycles. The van der Waals surface area contributed by atoms with Gasteiger partial charge < -0.3 is 39.2 Å². The molecule has 3 N–H and O–H groups in total. The van der Waals surface area contributed by atoms with Crippen molar-refractivity contribution in [2.45, 2.75) is 77.3 Å². The first-order valence-electron chi connectivity index (χ1n) is 9.73. The van der Waals surface area contributed by atoms with Gasteiger partial charge in [-0.25, -0.2) is 4.79 Å². The molecule has 1 fully saturated rings. The highest BCUT2D eigenvalue weighted by Crippen LogP contribution is 2.36. The average molecular weight is 477 g/mol. The van der Waals surface area contributed by atoms with E-state index in [9.17, 15) is 39.0 Å². The molecule has 1 heterocycles. The average Bonchev–Trinajstić information content (AvgIpc) is 2.65. The number of rotatable bonds is 8. The van der Waals surface area contributed by atoms with Gasteiger partial charge in [-0.3, -0.25) is 24.0 Å². The zero-order chi connectivity index (χ0) is 25.5. The van der Waals surface area contributed by atoms with E-state index < -0.39 is 85.0 Å². The summed E-state index contributed by atoms with van der Waals surface area (Å²) < 4.78 is 25.4. The number of esters is 5. The van der Waals surface area contributed by atoms with Crippen LogP contribution in [0.5, 0.6) is 0 Å². The lowest BCUT2D eigenvalue weighted by molar-refractivity contribution is -0.303. The molecular formula is C19H27NO13. The Labute approximate surface area is 188 Å². The maximum absolute atomic E-state index is 12.8. The monoisotopic (exact) mass is 477 g/mol. The molecule has 0 radical (unpaired) electrons. The zero-order valence-corrected chi connectivity index (χ0v) is 18.7. The minimum absolute atomic E-state index is 0.669. The van der Waals surface area contributed by atoms with Crippen molar-refractivity contribution in [3.05, 3.63) is 0 Å². The number of nitrogens with one attached hydrogen (secondary N) is 1. The van der Waals surface area contributed by atoms with Gasteiger partial charge in [0.25, 0.3) is 0 Å². The summed E-state index contributed by atoms with van der Waals surface area (Å²) in [5.74, 6) is -8.86. The normalized spacial score (nSPS) is 26.2. The molecule has 1 rings (SSSR count). The number of hydrogen-bond acceptors (Lipinski definition) is 13. The van der Waals surface area contributed by atoms with Crippen LogP contribution in [0.25, 0.3) is 0 Å². The predicted octanol–water partition coefficient (Wildman–Crippen LogP) is -2.15. The number of amides is 1. The predicted molar refractivity (Wildman–Crippen MR) is 103 cm³/mol. The van der Waals surface area contributed by atoms with Crippen molar-refractivity contribution in [1.82, 2.24) is 5.32 Å². The quantitative estimate of drug-likeness (QED) is 0.194. The van der Waals surface area contributed by atoms with Gasteiger partial charge in [-0.2, -0.15) is 0 Å². The molecule has 1 unspecified atom stereocenters. The third-order valence-corrected chi connectivity index (χ3v) is 4.29. The molecule has 0 aromatic rings. The SMILES string of the molecule is CC(=O)N[C@H]1[C@H]([C@H](OC(C)=O)[C@H](O)CO)OC(OC(C)=O)(C(=O)OC(C)=O)C[C@@H]1OC(C)=O. The van der Waals surface area contributed by atoms with Gasteiger partial charge in [-0.05, 0) is 0 Å². The van der Waals surface area contributed by atoms with Gasteiger partial charge in [0.2, 0.25) is 5.91 Å².